The molecule has 0 spiro atoms. The Morgan fingerprint density at radius 2 is 2.05 bits per heavy atom. The minimum absolute atomic E-state index is 0.0958. The maximum Gasteiger partial charge on any atom is 0.193 e. The third-order valence-corrected chi connectivity index (χ3v) is 4.07. The SMILES string of the molecule is Cc1ccc(C(C)(C)CNC2=NCCCN2C)c(C)c1. The van der Waals surface area contributed by atoms with Crippen molar-refractivity contribution >= 4 is 5.96 Å². The summed E-state index contributed by atoms with van der Waals surface area (Å²) in [5, 5.41) is 3.53. The van der Waals surface area contributed by atoms with Crippen LogP contribution in [-0.2, 0) is 5.41 Å². The van der Waals surface area contributed by atoms with Crippen LogP contribution in [0.25, 0.3) is 0 Å². The molecule has 20 heavy (non-hydrogen) atoms. The van der Waals surface area contributed by atoms with Gasteiger partial charge < -0.3 is 10.2 Å². The van der Waals surface area contributed by atoms with Gasteiger partial charge in [0.05, 0.1) is 0 Å². The molecule has 1 aliphatic rings. The van der Waals surface area contributed by atoms with Crippen LogP contribution in [0.4, 0.5) is 0 Å². The number of rotatable bonds is 3. The number of hydrogen-bond donors (Lipinski definition) is 1. The van der Waals surface area contributed by atoms with Crippen molar-refractivity contribution in [2.75, 3.05) is 26.7 Å². The van der Waals surface area contributed by atoms with E-state index in [1.807, 2.05) is 0 Å². The highest BCUT2D eigenvalue weighted by atomic mass is 15.3. The fourth-order valence-corrected chi connectivity index (χ4v) is 2.88. The lowest BCUT2D eigenvalue weighted by Crippen LogP contribution is -2.46. The average molecular weight is 273 g/mol. The van der Waals surface area contributed by atoms with E-state index < -0.39 is 0 Å². The summed E-state index contributed by atoms with van der Waals surface area (Å²) in [6.07, 6.45) is 1.15. The third kappa shape index (κ3) is 3.33. The smallest absolute Gasteiger partial charge is 0.193 e. The second-order valence-electron chi connectivity index (χ2n) is 6.54. The predicted molar refractivity (Wildman–Crippen MR) is 86.5 cm³/mol. The van der Waals surface area contributed by atoms with Gasteiger partial charge in [-0.15, -0.1) is 0 Å². The molecule has 0 atom stereocenters. The summed E-state index contributed by atoms with van der Waals surface area (Å²) in [5.74, 6) is 1.04. The van der Waals surface area contributed by atoms with E-state index in [-0.39, 0.29) is 5.41 Å². The van der Waals surface area contributed by atoms with Crippen LogP contribution < -0.4 is 5.32 Å². The molecule has 1 aromatic carbocycles. The van der Waals surface area contributed by atoms with Crippen molar-refractivity contribution in [1.29, 1.82) is 0 Å². The van der Waals surface area contributed by atoms with E-state index in [4.69, 9.17) is 0 Å². The van der Waals surface area contributed by atoms with Crippen LogP contribution in [0.3, 0.4) is 0 Å². The first kappa shape index (κ1) is 14.9. The summed E-state index contributed by atoms with van der Waals surface area (Å²) < 4.78 is 0. The maximum atomic E-state index is 4.58. The van der Waals surface area contributed by atoms with Crippen molar-refractivity contribution < 1.29 is 0 Å². The number of hydrogen-bond acceptors (Lipinski definition) is 3. The topological polar surface area (TPSA) is 27.6 Å². The fourth-order valence-electron chi connectivity index (χ4n) is 2.88. The van der Waals surface area contributed by atoms with Gasteiger partial charge in [0.25, 0.3) is 0 Å². The van der Waals surface area contributed by atoms with Crippen molar-refractivity contribution in [1.82, 2.24) is 10.2 Å². The van der Waals surface area contributed by atoms with Gasteiger partial charge in [0.15, 0.2) is 5.96 Å². The van der Waals surface area contributed by atoms with E-state index in [1.54, 1.807) is 0 Å². The van der Waals surface area contributed by atoms with E-state index in [2.05, 4.69) is 68.2 Å². The Morgan fingerprint density at radius 1 is 1.30 bits per heavy atom. The van der Waals surface area contributed by atoms with E-state index >= 15 is 0 Å². The molecule has 0 saturated heterocycles. The number of aryl methyl sites for hydroxylation is 2. The summed E-state index contributed by atoms with van der Waals surface area (Å²) in [6, 6.07) is 6.73. The van der Waals surface area contributed by atoms with Gasteiger partial charge in [0.2, 0.25) is 0 Å². The van der Waals surface area contributed by atoms with E-state index in [0.29, 0.717) is 0 Å². The van der Waals surface area contributed by atoms with E-state index in [9.17, 15) is 0 Å². The lowest BCUT2D eigenvalue weighted by atomic mass is 9.81. The first-order valence-electron chi connectivity index (χ1n) is 7.47. The molecule has 1 aliphatic heterocycles. The molecule has 0 aromatic heterocycles. The van der Waals surface area contributed by atoms with Crippen molar-refractivity contribution in [2.45, 2.75) is 39.5 Å². The Hall–Kier alpha value is -1.51. The molecular weight excluding hydrogens is 246 g/mol. The fraction of sp³-hybridized carbons (Fsp3) is 0.588. The molecule has 1 aromatic rings. The second-order valence-corrected chi connectivity index (χ2v) is 6.54. The molecule has 0 unspecified atom stereocenters. The van der Waals surface area contributed by atoms with Crippen molar-refractivity contribution in [2.24, 2.45) is 4.99 Å². The van der Waals surface area contributed by atoms with Gasteiger partial charge in [-0.1, -0.05) is 37.6 Å². The largest absolute Gasteiger partial charge is 0.355 e. The van der Waals surface area contributed by atoms with Crippen LogP contribution in [0.1, 0.15) is 37.0 Å². The lowest BCUT2D eigenvalue weighted by Gasteiger charge is -2.32. The molecule has 3 heteroatoms. The number of benzene rings is 1. The first-order chi connectivity index (χ1) is 9.40. The Kier molecular flexibility index (Phi) is 4.36. The molecule has 0 fully saturated rings. The highest BCUT2D eigenvalue weighted by Gasteiger charge is 2.23. The second kappa shape index (κ2) is 5.86. The third-order valence-electron chi connectivity index (χ3n) is 4.07. The molecule has 2 rings (SSSR count). The summed E-state index contributed by atoms with van der Waals surface area (Å²) in [6.45, 7) is 11.9. The van der Waals surface area contributed by atoms with E-state index in [1.165, 1.54) is 16.7 Å². The summed E-state index contributed by atoms with van der Waals surface area (Å²) >= 11 is 0. The molecular formula is C17H27N3. The van der Waals surface area contributed by atoms with Crippen LogP contribution >= 0.6 is 0 Å². The zero-order chi connectivity index (χ0) is 14.8. The minimum Gasteiger partial charge on any atom is -0.355 e. The van der Waals surface area contributed by atoms with Gasteiger partial charge in [-0.2, -0.15) is 0 Å². The number of nitrogens with zero attached hydrogens (tertiary/aromatic N) is 2. The van der Waals surface area contributed by atoms with Crippen LogP contribution in [-0.4, -0.2) is 37.5 Å². The number of nitrogens with one attached hydrogen (secondary N) is 1. The Morgan fingerprint density at radius 3 is 2.70 bits per heavy atom. The number of aliphatic imine (C=N–C) groups is 1. The van der Waals surface area contributed by atoms with Crippen molar-refractivity contribution in [3.63, 3.8) is 0 Å². The van der Waals surface area contributed by atoms with Gasteiger partial charge in [-0.3, -0.25) is 4.99 Å². The lowest BCUT2D eigenvalue weighted by molar-refractivity contribution is 0.427. The maximum absolute atomic E-state index is 4.58. The Labute approximate surface area is 123 Å². The van der Waals surface area contributed by atoms with Gasteiger partial charge in [0, 0.05) is 32.1 Å². The molecule has 3 nitrogen and oxygen atoms in total. The zero-order valence-corrected chi connectivity index (χ0v) is 13.5. The van der Waals surface area contributed by atoms with Gasteiger partial charge in [-0.25, -0.2) is 0 Å². The predicted octanol–water partition coefficient (Wildman–Crippen LogP) is 2.86. The Balaban J connectivity index is 2.08. The average Bonchev–Trinajstić information content (AvgIpc) is 2.37. The minimum atomic E-state index is 0.0958. The van der Waals surface area contributed by atoms with Gasteiger partial charge >= 0.3 is 0 Å². The highest BCUT2D eigenvalue weighted by molar-refractivity contribution is 5.80. The van der Waals surface area contributed by atoms with Crippen LogP contribution in [0.2, 0.25) is 0 Å². The summed E-state index contributed by atoms with van der Waals surface area (Å²) in [4.78, 5) is 6.79. The Bertz CT molecular complexity index is 503. The number of guanidine groups is 1. The molecule has 1 N–H and O–H groups in total. The van der Waals surface area contributed by atoms with Crippen LogP contribution in [0.15, 0.2) is 23.2 Å². The van der Waals surface area contributed by atoms with Gasteiger partial charge in [0.1, 0.15) is 0 Å². The summed E-state index contributed by atoms with van der Waals surface area (Å²) in [7, 11) is 2.11. The highest BCUT2D eigenvalue weighted by Crippen LogP contribution is 2.26. The monoisotopic (exact) mass is 273 g/mol. The molecule has 0 aliphatic carbocycles. The van der Waals surface area contributed by atoms with E-state index in [0.717, 1.165) is 32.0 Å². The quantitative estimate of drug-likeness (QED) is 0.917. The normalized spacial score (nSPS) is 16.1. The van der Waals surface area contributed by atoms with Crippen molar-refractivity contribution in [3.05, 3.63) is 34.9 Å². The molecule has 0 saturated carbocycles. The molecule has 0 radical (unpaired) electrons. The molecule has 110 valence electrons. The van der Waals surface area contributed by atoms with Crippen LogP contribution in [0, 0.1) is 13.8 Å². The van der Waals surface area contributed by atoms with Crippen molar-refractivity contribution in [3.8, 4) is 0 Å². The standard InChI is InChI=1S/C17H27N3/c1-13-7-8-15(14(2)11-13)17(3,4)12-19-16-18-9-6-10-20(16)5/h7-8,11H,6,9-10,12H2,1-5H3,(H,18,19). The van der Waals surface area contributed by atoms with Gasteiger partial charge in [-0.05, 0) is 31.4 Å². The zero-order valence-electron chi connectivity index (χ0n) is 13.5. The summed E-state index contributed by atoms with van der Waals surface area (Å²) in [5.41, 5.74) is 4.20. The molecule has 0 bridgehead atoms. The molecule has 1 heterocycles. The first-order valence-corrected chi connectivity index (χ1v) is 7.47. The molecule has 0 amide bonds. The van der Waals surface area contributed by atoms with Crippen LogP contribution in [0.5, 0.6) is 0 Å².